The number of hydrogen-bond donors (Lipinski definition) is 0. The summed E-state index contributed by atoms with van der Waals surface area (Å²) in [6.07, 6.45) is 7.41. The number of piperidine rings is 1. The second-order valence-corrected chi connectivity index (χ2v) is 9.90. The number of alkyl halides is 2. The first-order valence-electron chi connectivity index (χ1n) is 9.10. The molecule has 4 nitrogen and oxygen atoms in total. The molecule has 2 aromatic rings. The average molecular weight is 412 g/mol. The van der Waals surface area contributed by atoms with Gasteiger partial charge in [-0.25, -0.2) is 4.98 Å². The number of aryl methyl sites for hydroxylation is 2. The molecule has 0 bridgehead atoms. The molecule has 0 N–H and O–H groups in total. The van der Waals surface area contributed by atoms with Gasteiger partial charge in [0.25, 0.3) is 0 Å². The number of carbonyl (C=O) groups is 1. The van der Waals surface area contributed by atoms with Gasteiger partial charge < -0.3 is 9.47 Å². The van der Waals surface area contributed by atoms with Crippen LogP contribution in [-0.2, 0) is 17.8 Å². The highest BCUT2D eigenvalue weighted by Crippen LogP contribution is 2.64. The minimum Gasteiger partial charge on any atom is -0.342 e. The van der Waals surface area contributed by atoms with Crippen LogP contribution in [0.4, 0.5) is 0 Å². The number of hydrogen-bond acceptors (Lipinski definition) is 3. The highest BCUT2D eigenvalue weighted by atomic mass is 35.5. The number of aromatic nitrogens is 2. The molecule has 1 aliphatic heterocycles. The number of carbonyl (C=O) groups excluding carboxylic acids is 1. The van der Waals surface area contributed by atoms with E-state index in [4.69, 9.17) is 23.2 Å². The van der Waals surface area contributed by atoms with Gasteiger partial charge in [-0.05, 0) is 55.0 Å². The Morgan fingerprint density at radius 2 is 2.12 bits per heavy atom. The van der Waals surface area contributed by atoms with Crippen LogP contribution in [0.25, 0.3) is 0 Å². The van der Waals surface area contributed by atoms with Crippen molar-refractivity contribution >= 4 is 40.4 Å². The largest absolute Gasteiger partial charge is 0.342 e. The maximum absolute atomic E-state index is 12.7. The predicted octanol–water partition coefficient (Wildman–Crippen LogP) is 4.48. The molecule has 2 fully saturated rings. The summed E-state index contributed by atoms with van der Waals surface area (Å²) < 4.78 is 1.38. The van der Waals surface area contributed by atoms with Gasteiger partial charge in [0, 0.05) is 37.9 Å². The van der Waals surface area contributed by atoms with E-state index in [1.807, 2.05) is 18.0 Å². The first-order chi connectivity index (χ1) is 12.4. The van der Waals surface area contributed by atoms with Crippen molar-refractivity contribution in [2.45, 2.75) is 49.4 Å². The Labute approximate surface area is 168 Å². The second-order valence-electron chi connectivity index (χ2n) is 7.64. The number of amides is 1. The molecule has 1 aliphatic carbocycles. The standard InChI is InChI=1S/C19H23Cl2N3OS/c1-18(13-19(18,20)21)17(25)24-8-3-15(4-9-24)16-22-6-10-23(16)7-2-14-5-11-26-12-14/h5-6,10-12,15H,2-4,7-9,13H2,1H3. The first kappa shape index (κ1) is 18.3. The van der Waals surface area contributed by atoms with Crippen LogP contribution in [0.15, 0.2) is 29.2 Å². The number of halogens is 2. The molecule has 1 saturated carbocycles. The molecule has 2 aromatic heterocycles. The molecule has 0 spiro atoms. The topological polar surface area (TPSA) is 38.1 Å². The van der Waals surface area contributed by atoms with Crippen LogP contribution in [0.3, 0.4) is 0 Å². The van der Waals surface area contributed by atoms with E-state index in [2.05, 4.69) is 32.6 Å². The molecule has 1 saturated heterocycles. The number of likely N-dealkylation sites (tertiary alicyclic amines) is 1. The van der Waals surface area contributed by atoms with Crippen molar-refractivity contribution in [2.24, 2.45) is 5.41 Å². The number of nitrogens with zero attached hydrogens (tertiary/aromatic N) is 3. The average Bonchev–Trinajstić information content (AvgIpc) is 3.10. The van der Waals surface area contributed by atoms with E-state index < -0.39 is 9.75 Å². The fraction of sp³-hybridized carbons (Fsp3) is 0.579. The van der Waals surface area contributed by atoms with E-state index in [-0.39, 0.29) is 5.91 Å². The summed E-state index contributed by atoms with van der Waals surface area (Å²) in [6.45, 7) is 4.32. The van der Waals surface area contributed by atoms with Gasteiger partial charge in [-0.2, -0.15) is 11.3 Å². The van der Waals surface area contributed by atoms with Gasteiger partial charge in [0.2, 0.25) is 5.91 Å². The van der Waals surface area contributed by atoms with Gasteiger partial charge in [0.1, 0.15) is 10.2 Å². The van der Waals surface area contributed by atoms with E-state index in [0.29, 0.717) is 12.3 Å². The fourth-order valence-corrected chi connectivity index (χ4v) is 5.28. The Balaban J connectivity index is 1.35. The molecule has 3 heterocycles. The lowest BCUT2D eigenvalue weighted by molar-refractivity contribution is -0.137. The summed E-state index contributed by atoms with van der Waals surface area (Å²) in [5.74, 6) is 1.65. The van der Waals surface area contributed by atoms with Crippen molar-refractivity contribution in [3.63, 3.8) is 0 Å². The van der Waals surface area contributed by atoms with E-state index >= 15 is 0 Å². The molecular weight excluding hydrogens is 389 g/mol. The van der Waals surface area contributed by atoms with Gasteiger partial charge >= 0.3 is 0 Å². The monoisotopic (exact) mass is 411 g/mol. The molecule has 26 heavy (non-hydrogen) atoms. The van der Waals surface area contributed by atoms with Crippen molar-refractivity contribution in [1.82, 2.24) is 14.5 Å². The zero-order valence-electron chi connectivity index (χ0n) is 14.8. The highest BCUT2D eigenvalue weighted by Gasteiger charge is 2.68. The quantitative estimate of drug-likeness (QED) is 0.680. The number of imidazole rings is 1. The molecule has 7 heteroatoms. The lowest BCUT2D eigenvalue weighted by atomic mass is 9.94. The van der Waals surface area contributed by atoms with Crippen molar-refractivity contribution in [2.75, 3.05) is 13.1 Å². The summed E-state index contributed by atoms with van der Waals surface area (Å²) >= 11 is 14.1. The van der Waals surface area contributed by atoms with Crippen LogP contribution < -0.4 is 0 Å². The maximum atomic E-state index is 12.7. The smallest absolute Gasteiger partial charge is 0.231 e. The molecule has 2 aliphatic rings. The Morgan fingerprint density at radius 1 is 1.38 bits per heavy atom. The van der Waals surface area contributed by atoms with Crippen LogP contribution in [0.2, 0.25) is 0 Å². The lowest BCUT2D eigenvalue weighted by Crippen LogP contribution is -2.43. The van der Waals surface area contributed by atoms with Crippen LogP contribution in [-0.4, -0.2) is 37.8 Å². The number of rotatable bonds is 5. The normalized spacial score (nSPS) is 25.4. The highest BCUT2D eigenvalue weighted by molar-refractivity contribution is 7.07. The van der Waals surface area contributed by atoms with E-state index in [0.717, 1.165) is 44.7 Å². The van der Waals surface area contributed by atoms with Crippen LogP contribution >= 0.6 is 34.5 Å². The summed E-state index contributed by atoms with van der Waals surface area (Å²) in [6, 6.07) is 2.18. The van der Waals surface area contributed by atoms with E-state index in [1.54, 1.807) is 11.3 Å². The second kappa shape index (κ2) is 6.84. The van der Waals surface area contributed by atoms with Crippen molar-refractivity contribution < 1.29 is 4.79 Å². The summed E-state index contributed by atoms with van der Waals surface area (Å²) in [5.41, 5.74) is 0.764. The van der Waals surface area contributed by atoms with Crippen molar-refractivity contribution in [1.29, 1.82) is 0 Å². The van der Waals surface area contributed by atoms with Gasteiger partial charge in [-0.15, -0.1) is 23.2 Å². The third-order valence-corrected chi connectivity index (χ3v) is 7.68. The number of thiophene rings is 1. The molecule has 140 valence electrons. The maximum Gasteiger partial charge on any atom is 0.231 e. The molecule has 1 amide bonds. The van der Waals surface area contributed by atoms with Gasteiger partial charge in [0.05, 0.1) is 5.41 Å². The zero-order chi connectivity index (χ0) is 18.4. The Bertz CT molecular complexity index is 781. The van der Waals surface area contributed by atoms with Crippen LogP contribution in [0.1, 0.15) is 43.5 Å². The molecule has 0 aromatic carbocycles. The van der Waals surface area contributed by atoms with Crippen molar-refractivity contribution in [3.05, 3.63) is 40.6 Å². The van der Waals surface area contributed by atoms with Gasteiger partial charge in [-0.1, -0.05) is 0 Å². The lowest BCUT2D eigenvalue weighted by Gasteiger charge is -2.34. The van der Waals surface area contributed by atoms with Crippen LogP contribution in [0.5, 0.6) is 0 Å². The van der Waals surface area contributed by atoms with Gasteiger partial charge in [-0.3, -0.25) is 4.79 Å². The summed E-state index contributed by atoms with van der Waals surface area (Å²) in [5, 5.41) is 4.32. The van der Waals surface area contributed by atoms with Gasteiger partial charge in [0.15, 0.2) is 0 Å². The third-order valence-electron chi connectivity index (χ3n) is 5.85. The minimum absolute atomic E-state index is 0.0988. The third kappa shape index (κ3) is 3.30. The first-order valence-corrected chi connectivity index (χ1v) is 10.8. The Morgan fingerprint density at radius 3 is 2.73 bits per heavy atom. The SMILES string of the molecule is CC1(C(=O)N2CCC(c3nccn3CCc3ccsc3)CC2)CC1(Cl)Cl. The minimum atomic E-state index is -0.890. The predicted molar refractivity (Wildman–Crippen MR) is 106 cm³/mol. The molecule has 1 unspecified atom stereocenters. The van der Waals surface area contributed by atoms with E-state index in [9.17, 15) is 4.79 Å². The fourth-order valence-electron chi connectivity index (χ4n) is 3.88. The molecule has 4 rings (SSSR count). The Kier molecular flexibility index (Phi) is 4.82. The zero-order valence-corrected chi connectivity index (χ0v) is 17.2. The Hall–Kier alpha value is -1.04. The van der Waals surface area contributed by atoms with E-state index in [1.165, 1.54) is 5.56 Å². The van der Waals surface area contributed by atoms with Crippen LogP contribution in [0, 0.1) is 5.41 Å². The molecule has 1 atom stereocenters. The molecular formula is C19H23Cl2N3OS. The van der Waals surface area contributed by atoms with Crippen molar-refractivity contribution in [3.8, 4) is 0 Å². The summed E-state index contributed by atoms with van der Waals surface area (Å²) in [4.78, 5) is 19.3. The molecule has 0 radical (unpaired) electrons. The summed E-state index contributed by atoms with van der Waals surface area (Å²) in [7, 11) is 0.